The normalized spacial score (nSPS) is 15.8. The van der Waals surface area contributed by atoms with Crippen molar-refractivity contribution in [1.82, 2.24) is 20.2 Å². The minimum absolute atomic E-state index is 0.426. The highest BCUT2D eigenvalue weighted by Crippen LogP contribution is 2.27. The predicted octanol–water partition coefficient (Wildman–Crippen LogP) is 2.27. The minimum Gasteiger partial charge on any atom is -0.352 e. The van der Waals surface area contributed by atoms with Crippen molar-refractivity contribution in [3.63, 3.8) is 0 Å². The Morgan fingerprint density at radius 3 is 2.04 bits per heavy atom. The first-order chi connectivity index (χ1) is 10.9. The van der Waals surface area contributed by atoms with Crippen LogP contribution in [0.3, 0.4) is 0 Å². The van der Waals surface area contributed by atoms with Gasteiger partial charge in [0.05, 0.1) is 17.4 Å². The van der Waals surface area contributed by atoms with E-state index in [0.29, 0.717) is 43.0 Å². The summed E-state index contributed by atoms with van der Waals surface area (Å²) in [5, 5.41) is 7.37. The zero-order chi connectivity index (χ0) is 16.4. The van der Waals surface area contributed by atoms with Crippen LogP contribution in [0, 0.1) is 0 Å². The molecule has 0 spiro atoms. The number of halogens is 4. The number of alkyl halides is 3. The molecule has 23 heavy (non-hydrogen) atoms. The maximum absolute atomic E-state index is 12.5. The molecule has 0 atom stereocenters. The van der Waals surface area contributed by atoms with Gasteiger partial charge in [0, 0.05) is 26.2 Å². The summed E-state index contributed by atoms with van der Waals surface area (Å²) in [6.07, 6.45) is -1.43. The van der Waals surface area contributed by atoms with Crippen molar-refractivity contribution in [3.05, 3.63) is 35.2 Å². The van der Waals surface area contributed by atoms with E-state index in [4.69, 9.17) is 11.6 Å². The van der Waals surface area contributed by atoms with Crippen molar-refractivity contribution < 1.29 is 13.2 Å². The van der Waals surface area contributed by atoms with Crippen LogP contribution >= 0.6 is 11.6 Å². The summed E-state index contributed by atoms with van der Waals surface area (Å²) < 4.78 is 37.4. The number of hydrogen-bond acceptors (Lipinski definition) is 6. The molecule has 1 saturated heterocycles. The molecule has 0 amide bonds. The van der Waals surface area contributed by atoms with E-state index in [-0.39, 0.29) is 0 Å². The molecule has 0 N–H and O–H groups in total. The molecule has 0 aromatic carbocycles. The molecule has 3 rings (SSSR count). The number of aromatic nitrogens is 4. The lowest BCUT2D eigenvalue weighted by molar-refractivity contribution is -0.141. The third-order valence-electron chi connectivity index (χ3n) is 3.43. The van der Waals surface area contributed by atoms with Gasteiger partial charge in [-0.05, 0) is 12.1 Å². The molecule has 0 unspecified atom stereocenters. The van der Waals surface area contributed by atoms with E-state index >= 15 is 0 Å². The van der Waals surface area contributed by atoms with E-state index in [1.165, 1.54) is 18.5 Å². The van der Waals surface area contributed by atoms with Crippen LogP contribution in [0.4, 0.5) is 24.9 Å². The first-order valence-corrected chi connectivity index (χ1v) is 7.19. The van der Waals surface area contributed by atoms with Gasteiger partial charge in [0.2, 0.25) is 5.95 Å². The Bertz CT molecular complexity index is 653. The van der Waals surface area contributed by atoms with Crippen LogP contribution in [-0.4, -0.2) is 46.3 Å². The number of piperazine rings is 1. The highest BCUT2D eigenvalue weighted by Gasteiger charge is 2.33. The molecular formula is C13H12ClF3N6. The average molecular weight is 345 g/mol. The SMILES string of the molecule is FC(F)(F)c1ccc(N2CCN(c3ncc(Cl)cn3)CC2)nn1. The van der Waals surface area contributed by atoms with Gasteiger partial charge in [-0.2, -0.15) is 13.2 Å². The van der Waals surface area contributed by atoms with Crippen LogP contribution in [0.1, 0.15) is 5.69 Å². The van der Waals surface area contributed by atoms with Crippen molar-refractivity contribution in [2.45, 2.75) is 6.18 Å². The smallest absolute Gasteiger partial charge is 0.352 e. The van der Waals surface area contributed by atoms with Gasteiger partial charge in [-0.3, -0.25) is 0 Å². The molecule has 0 aliphatic carbocycles. The number of nitrogens with zero attached hydrogens (tertiary/aromatic N) is 6. The lowest BCUT2D eigenvalue weighted by Gasteiger charge is -2.35. The third kappa shape index (κ3) is 3.61. The molecule has 1 fully saturated rings. The largest absolute Gasteiger partial charge is 0.435 e. The summed E-state index contributed by atoms with van der Waals surface area (Å²) in [5.41, 5.74) is -0.991. The molecule has 2 aromatic rings. The Balaban J connectivity index is 1.63. The number of hydrogen-bond donors (Lipinski definition) is 0. The molecule has 1 aliphatic heterocycles. The molecule has 0 radical (unpaired) electrons. The van der Waals surface area contributed by atoms with Gasteiger partial charge < -0.3 is 9.80 Å². The molecule has 2 aromatic heterocycles. The van der Waals surface area contributed by atoms with Crippen molar-refractivity contribution in [2.75, 3.05) is 36.0 Å². The zero-order valence-corrected chi connectivity index (χ0v) is 12.6. The van der Waals surface area contributed by atoms with Crippen molar-refractivity contribution in [2.24, 2.45) is 0 Å². The van der Waals surface area contributed by atoms with Crippen molar-refractivity contribution >= 4 is 23.4 Å². The second kappa shape index (κ2) is 6.15. The lowest BCUT2D eigenvalue weighted by atomic mass is 10.3. The van der Waals surface area contributed by atoms with E-state index < -0.39 is 11.9 Å². The van der Waals surface area contributed by atoms with Gasteiger partial charge in [-0.1, -0.05) is 11.6 Å². The topological polar surface area (TPSA) is 58.0 Å². The van der Waals surface area contributed by atoms with E-state index in [1.54, 1.807) is 0 Å². The fourth-order valence-corrected chi connectivity index (χ4v) is 2.35. The summed E-state index contributed by atoms with van der Waals surface area (Å²) in [7, 11) is 0. The average Bonchev–Trinajstić information content (AvgIpc) is 2.55. The summed E-state index contributed by atoms with van der Waals surface area (Å²) >= 11 is 5.75. The Hall–Kier alpha value is -2.16. The first kappa shape index (κ1) is 15.7. The van der Waals surface area contributed by atoms with E-state index in [1.807, 2.05) is 9.80 Å². The molecule has 6 nitrogen and oxygen atoms in total. The number of anilines is 2. The molecular weight excluding hydrogens is 333 g/mol. The predicted molar refractivity (Wildman–Crippen MR) is 78.5 cm³/mol. The van der Waals surface area contributed by atoms with E-state index in [9.17, 15) is 13.2 Å². The Morgan fingerprint density at radius 2 is 1.52 bits per heavy atom. The molecule has 1 aliphatic rings. The number of rotatable bonds is 2. The van der Waals surface area contributed by atoms with Gasteiger partial charge in [0.1, 0.15) is 0 Å². The van der Waals surface area contributed by atoms with Crippen LogP contribution in [0.2, 0.25) is 5.02 Å². The lowest BCUT2D eigenvalue weighted by Crippen LogP contribution is -2.47. The van der Waals surface area contributed by atoms with Crippen LogP contribution in [0.5, 0.6) is 0 Å². The van der Waals surface area contributed by atoms with Crippen molar-refractivity contribution in [1.29, 1.82) is 0 Å². The van der Waals surface area contributed by atoms with Gasteiger partial charge in [-0.15, -0.1) is 10.2 Å². The summed E-state index contributed by atoms with van der Waals surface area (Å²) in [5.74, 6) is 1.00. The highest BCUT2D eigenvalue weighted by atomic mass is 35.5. The standard InChI is InChI=1S/C13H12ClF3N6/c14-9-7-18-12(19-8-9)23-5-3-22(4-6-23)11-2-1-10(20-21-11)13(15,16)17/h1-2,7-8H,3-6H2. The Labute approximate surface area is 134 Å². The van der Waals surface area contributed by atoms with E-state index in [0.717, 1.165) is 6.07 Å². The van der Waals surface area contributed by atoms with Gasteiger partial charge in [0.15, 0.2) is 11.5 Å². The molecule has 0 bridgehead atoms. The Kier molecular flexibility index (Phi) is 4.20. The van der Waals surface area contributed by atoms with E-state index in [2.05, 4.69) is 20.2 Å². The van der Waals surface area contributed by atoms with Gasteiger partial charge in [-0.25, -0.2) is 9.97 Å². The van der Waals surface area contributed by atoms with Gasteiger partial charge in [0.25, 0.3) is 0 Å². The minimum atomic E-state index is -4.48. The van der Waals surface area contributed by atoms with Crippen molar-refractivity contribution in [3.8, 4) is 0 Å². The van der Waals surface area contributed by atoms with Crippen LogP contribution < -0.4 is 9.80 Å². The van der Waals surface area contributed by atoms with Crippen LogP contribution in [0.25, 0.3) is 0 Å². The Morgan fingerprint density at radius 1 is 0.913 bits per heavy atom. The second-order valence-corrected chi connectivity index (χ2v) is 5.39. The highest BCUT2D eigenvalue weighted by molar-refractivity contribution is 6.30. The molecule has 10 heteroatoms. The van der Waals surface area contributed by atoms with Gasteiger partial charge >= 0.3 is 6.18 Å². The summed E-state index contributed by atoms with van der Waals surface area (Å²) in [6, 6.07) is 2.28. The van der Waals surface area contributed by atoms with Crippen LogP contribution in [0.15, 0.2) is 24.5 Å². The maximum atomic E-state index is 12.5. The monoisotopic (exact) mass is 344 g/mol. The first-order valence-electron chi connectivity index (χ1n) is 6.82. The second-order valence-electron chi connectivity index (χ2n) is 4.95. The quantitative estimate of drug-likeness (QED) is 0.833. The zero-order valence-electron chi connectivity index (χ0n) is 11.8. The fourth-order valence-electron chi connectivity index (χ4n) is 2.25. The summed E-state index contributed by atoms with van der Waals surface area (Å²) in [6.45, 7) is 2.44. The molecule has 0 saturated carbocycles. The maximum Gasteiger partial charge on any atom is 0.435 e. The third-order valence-corrected chi connectivity index (χ3v) is 3.63. The summed E-state index contributed by atoms with van der Waals surface area (Å²) in [4.78, 5) is 12.2. The molecule has 122 valence electrons. The molecule has 3 heterocycles. The fraction of sp³-hybridized carbons (Fsp3) is 0.385. The van der Waals surface area contributed by atoms with Crippen LogP contribution in [-0.2, 0) is 6.18 Å².